The van der Waals surface area contributed by atoms with Gasteiger partial charge in [0.05, 0.1) is 6.61 Å². The molecule has 18 heavy (non-hydrogen) atoms. The van der Waals surface area contributed by atoms with Crippen LogP contribution in [0.15, 0.2) is 42.0 Å². The van der Waals surface area contributed by atoms with Crippen LogP contribution in [-0.2, 0) is 16.0 Å². The Morgan fingerprint density at radius 3 is 2.67 bits per heavy atom. The Bertz CT molecular complexity index is 382. The summed E-state index contributed by atoms with van der Waals surface area (Å²) in [6, 6.07) is 10.3. The summed E-state index contributed by atoms with van der Waals surface area (Å²) in [7, 11) is 0. The second-order valence-corrected chi connectivity index (χ2v) is 4.18. The van der Waals surface area contributed by atoms with E-state index < -0.39 is 5.97 Å². The number of hydrogen-bond acceptors (Lipinski definition) is 2. The molecule has 0 saturated heterocycles. The van der Waals surface area contributed by atoms with Crippen molar-refractivity contribution in [3.05, 3.63) is 47.5 Å². The summed E-state index contributed by atoms with van der Waals surface area (Å²) >= 11 is 0. The van der Waals surface area contributed by atoms with Gasteiger partial charge >= 0.3 is 5.97 Å². The van der Waals surface area contributed by atoms with Crippen molar-refractivity contribution >= 4 is 5.97 Å². The van der Waals surface area contributed by atoms with Crippen molar-refractivity contribution in [2.45, 2.75) is 26.2 Å². The fourth-order valence-corrected chi connectivity index (χ4v) is 1.57. The van der Waals surface area contributed by atoms with E-state index in [2.05, 4.69) is 12.1 Å². The van der Waals surface area contributed by atoms with Crippen LogP contribution in [0.2, 0.25) is 0 Å². The molecule has 0 radical (unpaired) electrons. The van der Waals surface area contributed by atoms with Gasteiger partial charge in [-0.3, -0.25) is 0 Å². The van der Waals surface area contributed by atoms with Crippen molar-refractivity contribution in [3.8, 4) is 0 Å². The minimum Gasteiger partial charge on any atom is -0.478 e. The van der Waals surface area contributed by atoms with Crippen molar-refractivity contribution in [2.75, 3.05) is 13.2 Å². The Morgan fingerprint density at radius 1 is 1.28 bits per heavy atom. The fourth-order valence-electron chi connectivity index (χ4n) is 1.57. The lowest BCUT2D eigenvalue weighted by atomic mass is 10.1. The molecule has 1 aromatic rings. The van der Waals surface area contributed by atoms with Crippen LogP contribution in [0.5, 0.6) is 0 Å². The predicted octanol–water partition coefficient (Wildman–Crippen LogP) is 3.06. The number of benzene rings is 1. The Hall–Kier alpha value is -1.61. The first kappa shape index (κ1) is 14.5. The maximum absolute atomic E-state index is 10.5. The standard InChI is InChI=1S/C15H20O3/c1-13(15(16)17)7-5-11-18-12-6-10-14-8-3-2-4-9-14/h2-4,7-9H,5-6,10-12H2,1H3,(H,16,17)/b13-7+. The first-order valence-electron chi connectivity index (χ1n) is 6.22. The number of ether oxygens (including phenoxy) is 1. The highest BCUT2D eigenvalue weighted by molar-refractivity contribution is 5.85. The quantitative estimate of drug-likeness (QED) is 0.568. The third-order valence-corrected chi connectivity index (χ3v) is 2.65. The number of carboxylic acids is 1. The largest absolute Gasteiger partial charge is 0.478 e. The molecule has 0 aliphatic carbocycles. The second kappa shape index (κ2) is 8.48. The van der Waals surface area contributed by atoms with Crippen LogP contribution in [0.25, 0.3) is 0 Å². The van der Waals surface area contributed by atoms with Crippen LogP contribution in [0.3, 0.4) is 0 Å². The van der Waals surface area contributed by atoms with Gasteiger partial charge in [0.1, 0.15) is 0 Å². The van der Waals surface area contributed by atoms with Crippen molar-refractivity contribution in [1.82, 2.24) is 0 Å². The summed E-state index contributed by atoms with van der Waals surface area (Å²) in [6.07, 6.45) is 4.36. The summed E-state index contributed by atoms with van der Waals surface area (Å²) in [6.45, 7) is 2.89. The van der Waals surface area contributed by atoms with Gasteiger partial charge in [-0.2, -0.15) is 0 Å². The molecule has 0 bridgehead atoms. The third kappa shape index (κ3) is 6.21. The zero-order chi connectivity index (χ0) is 13.2. The van der Waals surface area contributed by atoms with E-state index in [1.807, 2.05) is 18.2 Å². The van der Waals surface area contributed by atoms with Crippen LogP contribution in [0.1, 0.15) is 25.3 Å². The molecular weight excluding hydrogens is 228 g/mol. The predicted molar refractivity (Wildman–Crippen MR) is 71.6 cm³/mol. The monoisotopic (exact) mass is 248 g/mol. The molecule has 0 heterocycles. The van der Waals surface area contributed by atoms with Crippen molar-refractivity contribution in [3.63, 3.8) is 0 Å². The van der Waals surface area contributed by atoms with E-state index >= 15 is 0 Å². The molecule has 0 saturated carbocycles. The summed E-state index contributed by atoms with van der Waals surface area (Å²) in [4.78, 5) is 10.5. The van der Waals surface area contributed by atoms with Crippen molar-refractivity contribution < 1.29 is 14.6 Å². The number of aryl methyl sites for hydroxylation is 1. The van der Waals surface area contributed by atoms with E-state index in [1.165, 1.54) is 5.56 Å². The van der Waals surface area contributed by atoms with Gasteiger partial charge in [-0.05, 0) is 31.7 Å². The number of rotatable bonds is 8. The third-order valence-electron chi connectivity index (χ3n) is 2.65. The molecule has 1 N–H and O–H groups in total. The van der Waals surface area contributed by atoms with E-state index in [-0.39, 0.29) is 0 Å². The molecule has 0 fully saturated rings. The lowest BCUT2D eigenvalue weighted by Crippen LogP contribution is -2.00. The molecule has 0 aliphatic rings. The van der Waals surface area contributed by atoms with E-state index in [9.17, 15) is 4.79 Å². The highest BCUT2D eigenvalue weighted by Crippen LogP contribution is 2.02. The van der Waals surface area contributed by atoms with E-state index in [1.54, 1.807) is 13.0 Å². The first-order valence-corrected chi connectivity index (χ1v) is 6.22. The molecule has 0 atom stereocenters. The van der Waals surface area contributed by atoms with Gasteiger partial charge in [-0.1, -0.05) is 36.4 Å². The minimum atomic E-state index is -0.862. The SMILES string of the molecule is C/C(=C\CCOCCCc1ccccc1)C(=O)O. The molecule has 1 rings (SSSR count). The minimum absolute atomic E-state index is 0.378. The van der Waals surface area contributed by atoms with Gasteiger partial charge in [0, 0.05) is 12.2 Å². The maximum atomic E-state index is 10.5. The van der Waals surface area contributed by atoms with Crippen molar-refractivity contribution in [1.29, 1.82) is 0 Å². The zero-order valence-electron chi connectivity index (χ0n) is 10.8. The molecule has 1 aromatic carbocycles. The lowest BCUT2D eigenvalue weighted by molar-refractivity contribution is -0.132. The second-order valence-electron chi connectivity index (χ2n) is 4.18. The molecule has 0 spiro atoms. The molecule has 0 amide bonds. The average molecular weight is 248 g/mol. The van der Waals surface area contributed by atoms with Crippen LogP contribution >= 0.6 is 0 Å². The summed E-state index contributed by atoms with van der Waals surface area (Å²) in [5, 5.41) is 8.64. The zero-order valence-corrected chi connectivity index (χ0v) is 10.8. The van der Waals surface area contributed by atoms with Crippen LogP contribution < -0.4 is 0 Å². The highest BCUT2D eigenvalue weighted by Gasteiger charge is 1.97. The van der Waals surface area contributed by atoms with Gasteiger partial charge in [0.2, 0.25) is 0 Å². The van der Waals surface area contributed by atoms with Crippen LogP contribution in [-0.4, -0.2) is 24.3 Å². The van der Waals surface area contributed by atoms with Gasteiger partial charge in [-0.25, -0.2) is 4.79 Å². The highest BCUT2D eigenvalue weighted by atomic mass is 16.5. The Labute approximate surface area is 108 Å². The van der Waals surface area contributed by atoms with Gasteiger partial charge in [-0.15, -0.1) is 0 Å². The number of carboxylic acid groups (broad SMARTS) is 1. The van der Waals surface area contributed by atoms with Crippen LogP contribution in [0, 0.1) is 0 Å². The molecule has 98 valence electrons. The van der Waals surface area contributed by atoms with E-state index in [0.717, 1.165) is 19.4 Å². The number of hydrogen-bond donors (Lipinski definition) is 1. The molecular formula is C15H20O3. The summed E-state index contributed by atoms with van der Waals surface area (Å²) in [5.74, 6) is -0.862. The Morgan fingerprint density at radius 2 is 2.00 bits per heavy atom. The Balaban J connectivity index is 2.03. The molecule has 3 heteroatoms. The summed E-state index contributed by atoms with van der Waals surface area (Å²) in [5.41, 5.74) is 1.70. The number of carbonyl (C=O) groups is 1. The van der Waals surface area contributed by atoms with E-state index in [0.29, 0.717) is 18.6 Å². The topological polar surface area (TPSA) is 46.5 Å². The smallest absolute Gasteiger partial charge is 0.330 e. The Kier molecular flexibility index (Phi) is 6.81. The first-order chi connectivity index (χ1) is 8.70. The lowest BCUT2D eigenvalue weighted by Gasteiger charge is -2.03. The van der Waals surface area contributed by atoms with Crippen molar-refractivity contribution in [2.24, 2.45) is 0 Å². The molecule has 3 nitrogen and oxygen atoms in total. The fraction of sp³-hybridized carbons (Fsp3) is 0.400. The maximum Gasteiger partial charge on any atom is 0.330 e. The molecule has 0 unspecified atom stereocenters. The van der Waals surface area contributed by atoms with Gasteiger partial charge in [0.15, 0.2) is 0 Å². The summed E-state index contributed by atoms with van der Waals surface area (Å²) < 4.78 is 5.45. The average Bonchev–Trinajstić information content (AvgIpc) is 2.38. The van der Waals surface area contributed by atoms with Gasteiger partial charge in [0.25, 0.3) is 0 Å². The van der Waals surface area contributed by atoms with E-state index in [4.69, 9.17) is 9.84 Å². The number of aliphatic carboxylic acids is 1. The normalized spacial score (nSPS) is 11.5. The van der Waals surface area contributed by atoms with Crippen LogP contribution in [0.4, 0.5) is 0 Å². The molecule has 0 aromatic heterocycles. The van der Waals surface area contributed by atoms with Gasteiger partial charge < -0.3 is 9.84 Å². The molecule has 0 aliphatic heterocycles.